The van der Waals surface area contributed by atoms with E-state index in [0.717, 1.165) is 12.0 Å². The smallest absolute Gasteiger partial charge is 0.256 e. The second kappa shape index (κ2) is 8.02. The Morgan fingerprint density at radius 1 is 1.08 bits per heavy atom. The fourth-order valence-corrected chi connectivity index (χ4v) is 3.54. The molecule has 1 amide bonds. The Morgan fingerprint density at radius 2 is 1.72 bits per heavy atom. The van der Waals surface area contributed by atoms with Crippen LogP contribution in [0.1, 0.15) is 35.7 Å². The Bertz CT molecular complexity index is 846. The molecule has 0 aliphatic heterocycles. The molecule has 0 atom stereocenters. The molecule has 2 rings (SSSR count). The zero-order chi connectivity index (χ0) is 18.4. The van der Waals surface area contributed by atoms with Crippen LogP contribution < -0.4 is 15.8 Å². The van der Waals surface area contributed by atoms with E-state index in [1.54, 1.807) is 42.5 Å². The zero-order valence-electron chi connectivity index (χ0n) is 14.4. The van der Waals surface area contributed by atoms with Crippen molar-refractivity contribution >= 4 is 33.0 Å². The molecule has 25 heavy (non-hydrogen) atoms. The molecule has 0 heterocycles. The minimum atomic E-state index is -3.34. The van der Waals surface area contributed by atoms with Gasteiger partial charge in [-0.05, 0) is 55.3 Å². The molecular weight excluding hydrogens is 338 g/mol. The molecule has 4 N–H and O–H groups in total. The first-order valence-electron chi connectivity index (χ1n) is 8.09. The molecular formula is C18H23N3O3S. The highest BCUT2D eigenvalue weighted by Crippen LogP contribution is 2.18. The van der Waals surface area contributed by atoms with Gasteiger partial charge < -0.3 is 11.1 Å². The van der Waals surface area contributed by atoms with Crippen LogP contribution in [0.3, 0.4) is 0 Å². The molecule has 0 bridgehead atoms. The number of carbonyl (C=O) groups excluding carboxylic acids is 1. The van der Waals surface area contributed by atoms with Crippen LogP contribution in [0.2, 0.25) is 0 Å². The van der Waals surface area contributed by atoms with Crippen LogP contribution in [0, 0.1) is 6.92 Å². The number of anilines is 3. The van der Waals surface area contributed by atoms with E-state index in [1.807, 2.05) is 13.8 Å². The van der Waals surface area contributed by atoms with Gasteiger partial charge in [-0.3, -0.25) is 9.52 Å². The van der Waals surface area contributed by atoms with Crippen molar-refractivity contribution in [3.05, 3.63) is 53.6 Å². The normalized spacial score (nSPS) is 11.1. The molecule has 7 heteroatoms. The van der Waals surface area contributed by atoms with Gasteiger partial charge in [0.1, 0.15) is 0 Å². The Balaban J connectivity index is 2.05. The van der Waals surface area contributed by atoms with Gasteiger partial charge >= 0.3 is 0 Å². The summed E-state index contributed by atoms with van der Waals surface area (Å²) in [5.41, 5.74) is 8.62. The highest BCUT2D eigenvalue weighted by atomic mass is 32.2. The Morgan fingerprint density at radius 3 is 2.36 bits per heavy atom. The lowest BCUT2D eigenvalue weighted by atomic mass is 10.1. The molecule has 0 aliphatic rings. The maximum atomic E-state index is 12.3. The second-order valence-electron chi connectivity index (χ2n) is 5.88. The number of nitrogen functional groups attached to an aromatic ring is 1. The fraction of sp³-hybridized carbons (Fsp3) is 0.278. The zero-order valence-corrected chi connectivity index (χ0v) is 15.2. The van der Waals surface area contributed by atoms with E-state index < -0.39 is 10.0 Å². The number of hydrogen-bond donors (Lipinski definition) is 3. The molecule has 2 aromatic carbocycles. The van der Waals surface area contributed by atoms with Crippen LogP contribution in [0.25, 0.3) is 0 Å². The molecule has 0 unspecified atom stereocenters. The van der Waals surface area contributed by atoms with E-state index >= 15 is 0 Å². The molecule has 0 spiro atoms. The van der Waals surface area contributed by atoms with Crippen LogP contribution in [0.15, 0.2) is 42.5 Å². The van der Waals surface area contributed by atoms with Crippen molar-refractivity contribution in [2.45, 2.75) is 26.7 Å². The van der Waals surface area contributed by atoms with Gasteiger partial charge in [-0.1, -0.05) is 19.4 Å². The summed E-state index contributed by atoms with van der Waals surface area (Å²) in [6, 6.07) is 11.7. The topological polar surface area (TPSA) is 101 Å². The number of hydrogen-bond acceptors (Lipinski definition) is 4. The van der Waals surface area contributed by atoms with Gasteiger partial charge in [0.15, 0.2) is 0 Å². The number of sulfonamides is 1. The molecule has 2 aromatic rings. The number of nitrogens with two attached hydrogens (primary N) is 1. The highest BCUT2D eigenvalue weighted by molar-refractivity contribution is 7.92. The van der Waals surface area contributed by atoms with E-state index in [9.17, 15) is 13.2 Å². The van der Waals surface area contributed by atoms with Crippen molar-refractivity contribution in [1.82, 2.24) is 0 Å². The average molecular weight is 361 g/mol. The first-order valence-corrected chi connectivity index (χ1v) is 9.74. The van der Waals surface area contributed by atoms with Crippen LogP contribution in [0.5, 0.6) is 0 Å². The third-order valence-corrected chi connectivity index (χ3v) is 5.06. The van der Waals surface area contributed by atoms with Crippen LogP contribution in [0.4, 0.5) is 17.1 Å². The maximum absolute atomic E-state index is 12.3. The van der Waals surface area contributed by atoms with Crippen LogP contribution in [-0.4, -0.2) is 20.1 Å². The van der Waals surface area contributed by atoms with Crippen molar-refractivity contribution < 1.29 is 13.2 Å². The van der Waals surface area contributed by atoms with Gasteiger partial charge in [-0.2, -0.15) is 0 Å². The SMILES string of the molecule is CCCCS(=O)(=O)Nc1ccc(NC(=O)c2cc(N)ccc2C)cc1. The van der Waals surface area contributed by atoms with Crippen molar-refractivity contribution in [2.24, 2.45) is 0 Å². The maximum Gasteiger partial charge on any atom is 0.256 e. The predicted molar refractivity (Wildman–Crippen MR) is 102 cm³/mol. The third kappa shape index (κ3) is 5.49. The highest BCUT2D eigenvalue weighted by Gasteiger charge is 2.11. The minimum absolute atomic E-state index is 0.0939. The predicted octanol–water partition coefficient (Wildman–Crippen LogP) is 3.37. The lowest BCUT2D eigenvalue weighted by molar-refractivity contribution is 0.102. The van der Waals surface area contributed by atoms with Crippen molar-refractivity contribution in [2.75, 3.05) is 21.5 Å². The van der Waals surface area contributed by atoms with Gasteiger partial charge in [-0.25, -0.2) is 8.42 Å². The molecule has 0 radical (unpaired) electrons. The summed E-state index contributed by atoms with van der Waals surface area (Å²) >= 11 is 0. The van der Waals surface area contributed by atoms with E-state index in [1.165, 1.54) is 0 Å². The largest absolute Gasteiger partial charge is 0.399 e. The quantitative estimate of drug-likeness (QED) is 0.658. The van der Waals surface area contributed by atoms with E-state index in [0.29, 0.717) is 29.0 Å². The first kappa shape index (κ1) is 18.8. The van der Waals surface area contributed by atoms with Gasteiger partial charge in [0.05, 0.1) is 5.75 Å². The van der Waals surface area contributed by atoms with Crippen molar-refractivity contribution in [3.8, 4) is 0 Å². The number of rotatable bonds is 7. The molecule has 0 aliphatic carbocycles. The second-order valence-corrected chi connectivity index (χ2v) is 7.72. The number of benzene rings is 2. The molecule has 0 aromatic heterocycles. The Kier molecular flexibility index (Phi) is 6.03. The molecule has 0 saturated heterocycles. The number of nitrogens with one attached hydrogen (secondary N) is 2. The summed E-state index contributed by atoms with van der Waals surface area (Å²) in [4.78, 5) is 12.3. The van der Waals surface area contributed by atoms with Gasteiger partial charge in [0, 0.05) is 22.6 Å². The van der Waals surface area contributed by atoms with E-state index in [4.69, 9.17) is 5.73 Å². The number of aryl methyl sites for hydroxylation is 1. The summed E-state index contributed by atoms with van der Waals surface area (Å²) in [6.07, 6.45) is 1.43. The summed E-state index contributed by atoms with van der Waals surface area (Å²) in [5, 5.41) is 2.78. The minimum Gasteiger partial charge on any atom is -0.399 e. The summed E-state index contributed by atoms with van der Waals surface area (Å²) in [5.74, 6) is -0.169. The van der Waals surface area contributed by atoms with Crippen LogP contribution in [-0.2, 0) is 10.0 Å². The Labute approximate surface area is 148 Å². The first-order chi connectivity index (χ1) is 11.8. The van der Waals surface area contributed by atoms with E-state index in [2.05, 4.69) is 10.0 Å². The van der Waals surface area contributed by atoms with Crippen molar-refractivity contribution in [1.29, 1.82) is 0 Å². The van der Waals surface area contributed by atoms with Gasteiger partial charge in [0.2, 0.25) is 10.0 Å². The average Bonchev–Trinajstić information content (AvgIpc) is 2.56. The Hall–Kier alpha value is -2.54. The van der Waals surface area contributed by atoms with Gasteiger partial charge in [0.25, 0.3) is 5.91 Å². The summed E-state index contributed by atoms with van der Waals surface area (Å²) in [6.45, 7) is 3.78. The number of amides is 1. The lowest BCUT2D eigenvalue weighted by Crippen LogP contribution is -2.17. The molecule has 0 fully saturated rings. The summed E-state index contributed by atoms with van der Waals surface area (Å²) in [7, 11) is -3.34. The fourth-order valence-electron chi connectivity index (χ4n) is 2.27. The standard InChI is InChI=1S/C18H23N3O3S/c1-3-4-11-25(23,24)21-16-9-7-15(8-10-16)20-18(22)17-12-14(19)6-5-13(17)2/h5-10,12,21H,3-4,11,19H2,1-2H3,(H,20,22). The van der Waals surface area contributed by atoms with E-state index in [-0.39, 0.29) is 11.7 Å². The molecule has 6 nitrogen and oxygen atoms in total. The van der Waals surface area contributed by atoms with Crippen molar-refractivity contribution in [3.63, 3.8) is 0 Å². The lowest BCUT2D eigenvalue weighted by Gasteiger charge is -2.10. The summed E-state index contributed by atoms with van der Waals surface area (Å²) < 4.78 is 26.3. The monoisotopic (exact) mass is 361 g/mol. The number of carbonyl (C=O) groups is 1. The third-order valence-electron chi connectivity index (χ3n) is 3.69. The molecule has 134 valence electrons. The molecule has 0 saturated carbocycles. The van der Waals surface area contributed by atoms with Crippen LogP contribution >= 0.6 is 0 Å². The number of unbranched alkanes of at least 4 members (excludes halogenated alkanes) is 1. The van der Waals surface area contributed by atoms with Gasteiger partial charge in [-0.15, -0.1) is 0 Å².